The summed E-state index contributed by atoms with van der Waals surface area (Å²) >= 11 is 0. The summed E-state index contributed by atoms with van der Waals surface area (Å²) < 4.78 is 1.27. The van der Waals surface area contributed by atoms with E-state index in [1.165, 1.54) is 11.6 Å². The summed E-state index contributed by atoms with van der Waals surface area (Å²) in [5.74, 6) is -1.46. The van der Waals surface area contributed by atoms with Crippen LogP contribution in [-0.2, 0) is 29.5 Å². The van der Waals surface area contributed by atoms with Crippen LogP contribution in [0.2, 0.25) is 0 Å². The number of amides is 1. The van der Waals surface area contributed by atoms with Crippen LogP contribution in [0.25, 0.3) is 11.0 Å². The molecule has 0 aliphatic carbocycles. The lowest BCUT2D eigenvalue weighted by Crippen LogP contribution is -2.42. The number of aliphatic carboxylic acids is 1. The van der Waals surface area contributed by atoms with Gasteiger partial charge < -0.3 is 20.0 Å². The number of rotatable bonds is 7. The van der Waals surface area contributed by atoms with Crippen molar-refractivity contribution in [3.63, 3.8) is 0 Å². The summed E-state index contributed by atoms with van der Waals surface area (Å²) in [6.07, 6.45) is 0.664. The number of carboxylic acids is 1. The van der Waals surface area contributed by atoms with E-state index in [1.807, 2.05) is 30.3 Å². The number of aromatic nitrogens is 2. The molecule has 3 N–H and O–H groups in total. The fourth-order valence-electron chi connectivity index (χ4n) is 3.14. The van der Waals surface area contributed by atoms with Gasteiger partial charge in [0.05, 0.1) is 11.0 Å². The summed E-state index contributed by atoms with van der Waals surface area (Å²) in [6, 6.07) is 13.3. The van der Waals surface area contributed by atoms with Crippen molar-refractivity contribution >= 4 is 22.9 Å². The van der Waals surface area contributed by atoms with Crippen molar-refractivity contribution in [2.45, 2.75) is 25.3 Å². The Morgan fingerprint density at radius 2 is 1.83 bits per heavy atom. The molecule has 1 aromatic heterocycles. The molecule has 3 aromatic rings. The van der Waals surface area contributed by atoms with Crippen LogP contribution >= 0.6 is 0 Å². The highest BCUT2D eigenvalue weighted by atomic mass is 16.4. The SMILES string of the molecule is Cn1c(=O)c(=O)[nH]c2cc(CCC(=O)N[C@@H](Cc3ccccc3)C(=O)O)ccc21. The molecule has 2 aromatic carbocycles. The first-order chi connectivity index (χ1) is 13.8. The second-order valence-electron chi connectivity index (χ2n) is 6.82. The lowest BCUT2D eigenvalue weighted by Gasteiger charge is -2.15. The predicted octanol–water partition coefficient (Wildman–Crippen LogP) is 0.972. The summed E-state index contributed by atoms with van der Waals surface area (Å²) in [5, 5.41) is 11.9. The molecule has 0 saturated carbocycles. The zero-order valence-corrected chi connectivity index (χ0v) is 15.8. The minimum absolute atomic E-state index is 0.0973. The molecule has 8 heteroatoms. The molecule has 1 atom stereocenters. The molecule has 0 aliphatic heterocycles. The molecular weight excluding hydrogens is 374 g/mol. The smallest absolute Gasteiger partial charge is 0.326 e. The number of carbonyl (C=O) groups excluding carboxylic acids is 1. The first kappa shape index (κ1) is 20.1. The van der Waals surface area contributed by atoms with Gasteiger partial charge >= 0.3 is 17.1 Å². The average molecular weight is 395 g/mol. The molecule has 150 valence electrons. The highest BCUT2D eigenvalue weighted by molar-refractivity contribution is 5.84. The summed E-state index contributed by atoms with van der Waals surface area (Å²) in [4.78, 5) is 49.6. The van der Waals surface area contributed by atoms with E-state index in [-0.39, 0.29) is 18.7 Å². The number of nitrogens with zero attached hydrogens (tertiary/aromatic N) is 1. The molecule has 1 heterocycles. The first-order valence-corrected chi connectivity index (χ1v) is 9.13. The van der Waals surface area contributed by atoms with Crippen LogP contribution in [0.1, 0.15) is 17.5 Å². The highest BCUT2D eigenvalue weighted by Gasteiger charge is 2.20. The summed E-state index contributed by atoms with van der Waals surface area (Å²) in [5.41, 5.74) is 1.35. The van der Waals surface area contributed by atoms with Crippen molar-refractivity contribution in [1.29, 1.82) is 0 Å². The molecule has 1 amide bonds. The minimum Gasteiger partial charge on any atom is -0.480 e. The zero-order chi connectivity index (χ0) is 21.0. The topological polar surface area (TPSA) is 121 Å². The van der Waals surface area contributed by atoms with E-state index in [0.717, 1.165) is 11.1 Å². The van der Waals surface area contributed by atoms with Crippen LogP contribution < -0.4 is 16.4 Å². The van der Waals surface area contributed by atoms with Crippen LogP contribution in [0.15, 0.2) is 58.1 Å². The number of benzene rings is 2. The monoisotopic (exact) mass is 395 g/mol. The third kappa shape index (κ3) is 4.78. The van der Waals surface area contributed by atoms with E-state index in [2.05, 4.69) is 10.3 Å². The maximum Gasteiger partial charge on any atom is 0.326 e. The van der Waals surface area contributed by atoms with Gasteiger partial charge in [0.25, 0.3) is 0 Å². The highest BCUT2D eigenvalue weighted by Crippen LogP contribution is 2.12. The standard InChI is InChI=1S/C21H21N3O5/c1-24-17-9-7-14(11-15(17)23-19(26)20(24)27)8-10-18(25)22-16(21(28)29)12-13-5-3-2-4-6-13/h2-7,9,11,16H,8,10,12H2,1H3,(H,22,25)(H,23,26)(H,28,29)/t16-/m0/s1. The second-order valence-corrected chi connectivity index (χ2v) is 6.82. The number of carboxylic acid groups (broad SMARTS) is 1. The number of fused-ring (bicyclic) bond motifs is 1. The van der Waals surface area contributed by atoms with E-state index < -0.39 is 23.1 Å². The Bertz CT molecular complexity index is 1160. The number of hydrogen-bond donors (Lipinski definition) is 3. The van der Waals surface area contributed by atoms with Crippen molar-refractivity contribution in [1.82, 2.24) is 14.9 Å². The van der Waals surface area contributed by atoms with Gasteiger partial charge in [0.15, 0.2) is 0 Å². The molecule has 0 fully saturated rings. The Morgan fingerprint density at radius 3 is 2.52 bits per heavy atom. The van der Waals surface area contributed by atoms with Crippen LogP contribution in [0, 0.1) is 0 Å². The third-order valence-electron chi connectivity index (χ3n) is 4.73. The lowest BCUT2D eigenvalue weighted by atomic mass is 10.0. The van der Waals surface area contributed by atoms with Gasteiger partial charge in [0, 0.05) is 19.9 Å². The number of aryl methyl sites for hydroxylation is 2. The van der Waals surface area contributed by atoms with Crippen LogP contribution in [-0.4, -0.2) is 32.6 Å². The summed E-state index contributed by atoms with van der Waals surface area (Å²) in [7, 11) is 1.52. The van der Waals surface area contributed by atoms with E-state index in [0.29, 0.717) is 17.5 Å². The Kier molecular flexibility index (Phi) is 5.92. The van der Waals surface area contributed by atoms with E-state index in [4.69, 9.17) is 0 Å². The van der Waals surface area contributed by atoms with Crippen LogP contribution in [0.3, 0.4) is 0 Å². The van der Waals surface area contributed by atoms with Gasteiger partial charge in [-0.15, -0.1) is 0 Å². The van der Waals surface area contributed by atoms with Crippen molar-refractivity contribution in [3.05, 3.63) is 80.4 Å². The van der Waals surface area contributed by atoms with Crippen molar-refractivity contribution in [3.8, 4) is 0 Å². The van der Waals surface area contributed by atoms with Crippen LogP contribution in [0.5, 0.6) is 0 Å². The molecular formula is C21H21N3O5. The van der Waals surface area contributed by atoms with Crippen LogP contribution in [0.4, 0.5) is 0 Å². The molecule has 0 bridgehead atoms. The van der Waals surface area contributed by atoms with Crippen molar-refractivity contribution in [2.24, 2.45) is 7.05 Å². The lowest BCUT2D eigenvalue weighted by molar-refractivity contribution is -0.141. The second kappa shape index (κ2) is 8.55. The minimum atomic E-state index is -1.09. The maximum atomic E-state index is 12.3. The molecule has 0 spiro atoms. The number of carbonyl (C=O) groups is 2. The molecule has 0 unspecified atom stereocenters. The number of hydrogen-bond acceptors (Lipinski definition) is 4. The van der Waals surface area contributed by atoms with Crippen molar-refractivity contribution < 1.29 is 14.7 Å². The predicted molar refractivity (Wildman–Crippen MR) is 108 cm³/mol. The Balaban J connectivity index is 1.66. The molecule has 0 aliphatic rings. The molecule has 0 radical (unpaired) electrons. The van der Waals surface area contributed by atoms with Gasteiger partial charge in [-0.25, -0.2) is 4.79 Å². The van der Waals surface area contributed by atoms with Gasteiger partial charge in [0.1, 0.15) is 6.04 Å². The fourth-order valence-corrected chi connectivity index (χ4v) is 3.14. The van der Waals surface area contributed by atoms with Gasteiger partial charge in [-0.1, -0.05) is 36.4 Å². The fraction of sp³-hybridized carbons (Fsp3) is 0.238. The first-order valence-electron chi connectivity index (χ1n) is 9.13. The molecule has 29 heavy (non-hydrogen) atoms. The van der Waals surface area contributed by atoms with Gasteiger partial charge in [-0.3, -0.25) is 14.4 Å². The van der Waals surface area contributed by atoms with Gasteiger partial charge in [-0.05, 0) is 29.7 Å². The molecule has 8 nitrogen and oxygen atoms in total. The quantitative estimate of drug-likeness (QED) is 0.515. The van der Waals surface area contributed by atoms with Gasteiger partial charge in [0.2, 0.25) is 5.91 Å². The van der Waals surface area contributed by atoms with Gasteiger partial charge in [-0.2, -0.15) is 0 Å². The molecule has 0 saturated heterocycles. The van der Waals surface area contributed by atoms with E-state index >= 15 is 0 Å². The maximum absolute atomic E-state index is 12.3. The van der Waals surface area contributed by atoms with Crippen molar-refractivity contribution in [2.75, 3.05) is 0 Å². The number of H-pyrrole nitrogens is 1. The summed E-state index contributed by atoms with van der Waals surface area (Å²) in [6.45, 7) is 0. The molecule has 3 rings (SSSR count). The zero-order valence-electron chi connectivity index (χ0n) is 15.8. The Morgan fingerprint density at radius 1 is 1.10 bits per heavy atom. The number of nitrogens with one attached hydrogen (secondary N) is 2. The van der Waals surface area contributed by atoms with E-state index in [9.17, 15) is 24.3 Å². The largest absolute Gasteiger partial charge is 0.480 e. The average Bonchev–Trinajstić information content (AvgIpc) is 2.70. The normalized spacial score (nSPS) is 11.9. The number of aromatic amines is 1. The van der Waals surface area contributed by atoms with E-state index in [1.54, 1.807) is 18.2 Å². The Labute approximate surface area is 165 Å². The third-order valence-corrected chi connectivity index (χ3v) is 4.73. The Hall–Kier alpha value is -3.68.